The fraction of sp³-hybridized carbons (Fsp3) is 0.154. The molecule has 3 aromatic rings. The van der Waals surface area contributed by atoms with Gasteiger partial charge in [-0.3, -0.25) is 5.10 Å². The van der Waals surface area contributed by atoms with Gasteiger partial charge in [0.25, 0.3) is 0 Å². The van der Waals surface area contributed by atoms with Crippen molar-refractivity contribution >= 4 is 16.7 Å². The number of nitrogens with zero attached hydrogens (tertiary/aromatic N) is 2. The first-order valence-corrected chi connectivity index (χ1v) is 5.63. The predicted molar refractivity (Wildman–Crippen MR) is 69.6 cm³/mol. The lowest BCUT2D eigenvalue weighted by Gasteiger charge is -2.03. The molecule has 0 unspecified atom stereocenters. The van der Waals surface area contributed by atoms with Gasteiger partial charge in [-0.05, 0) is 25.1 Å². The summed E-state index contributed by atoms with van der Waals surface area (Å²) in [6, 6.07) is 6.93. The van der Waals surface area contributed by atoms with Gasteiger partial charge in [0.15, 0.2) is 0 Å². The first-order valence-electron chi connectivity index (χ1n) is 5.63. The minimum absolute atomic E-state index is 0.281. The number of H-pyrrole nitrogens is 1. The van der Waals surface area contributed by atoms with E-state index >= 15 is 0 Å². The second-order valence-corrected chi connectivity index (χ2v) is 4.44. The van der Waals surface area contributed by atoms with Crippen LogP contribution in [-0.4, -0.2) is 14.8 Å². The number of rotatable bonds is 1. The summed E-state index contributed by atoms with van der Waals surface area (Å²) in [4.78, 5) is 0. The van der Waals surface area contributed by atoms with E-state index in [1.165, 1.54) is 6.07 Å². The van der Waals surface area contributed by atoms with Gasteiger partial charge in [-0.1, -0.05) is 0 Å². The number of nitrogens with two attached hydrogens (primary N) is 1. The SMILES string of the molecule is Cc1cc2cc(F)c(-c3cc(N)n[nH]3)cc2n1C. The van der Waals surface area contributed by atoms with Crippen LogP contribution in [0.15, 0.2) is 24.3 Å². The number of halogens is 1. The second kappa shape index (κ2) is 3.60. The van der Waals surface area contributed by atoms with Crippen molar-refractivity contribution in [2.75, 3.05) is 5.73 Å². The van der Waals surface area contributed by atoms with Gasteiger partial charge in [0.1, 0.15) is 11.6 Å². The van der Waals surface area contributed by atoms with Crippen LogP contribution in [0.4, 0.5) is 10.2 Å². The highest BCUT2D eigenvalue weighted by atomic mass is 19.1. The second-order valence-electron chi connectivity index (χ2n) is 4.44. The molecule has 3 N–H and O–H groups in total. The summed E-state index contributed by atoms with van der Waals surface area (Å²) >= 11 is 0. The monoisotopic (exact) mass is 244 g/mol. The van der Waals surface area contributed by atoms with Gasteiger partial charge in [0.05, 0.1) is 5.69 Å². The smallest absolute Gasteiger partial charge is 0.145 e. The van der Waals surface area contributed by atoms with Crippen molar-refractivity contribution in [3.05, 3.63) is 35.8 Å². The number of nitrogens with one attached hydrogen (secondary N) is 1. The van der Waals surface area contributed by atoms with E-state index in [0.29, 0.717) is 17.1 Å². The minimum Gasteiger partial charge on any atom is -0.382 e. The standard InChI is InChI=1S/C13H13FN4/c1-7-3-8-4-10(14)9(5-12(8)18(7)2)11-6-13(15)17-16-11/h3-6H,1-2H3,(H3,15,16,17). The Morgan fingerprint density at radius 3 is 2.72 bits per heavy atom. The molecule has 0 saturated heterocycles. The van der Waals surface area contributed by atoms with Crippen molar-refractivity contribution in [3.63, 3.8) is 0 Å². The zero-order valence-electron chi connectivity index (χ0n) is 10.2. The molecule has 0 radical (unpaired) electrons. The van der Waals surface area contributed by atoms with Crippen LogP contribution in [0.25, 0.3) is 22.2 Å². The zero-order chi connectivity index (χ0) is 12.9. The van der Waals surface area contributed by atoms with E-state index in [4.69, 9.17) is 5.73 Å². The largest absolute Gasteiger partial charge is 0.382 e. The highest BCUT2D eigenvalue weighted by Crippen LogP contribution is 2.28. The Hall–Kier alpha value is -2.30. The van der Waals surface area contributed by atoms with Gasteiger partial charge >= 0.3 is 0 Å². The van der Waals surface area contributed by atoms with Gasteiger partial charge < -0.3 is 10.3 Å². The molecule has 0 spiro atoms. The summed E-state index contributed by atoms with van der Waals surface area (Å²) in [5, 5.41) is 7.44. The van der Waals surface area contributed by atoms with Crippen LogP contribution >= 0.6 is 0 Å². The van der Waals surface area contributed by atoms with Crippen LogP contribution < -0.4 is 5.73 Å². The molecule has 0 fully saturated rings. The van der Waals surface area contributed by atoms with Crippen LogP contribution in [0.5, 0.6) is 0 Å². The molecule has 2 aromatic heterocycles. The number of benzene rings is 1. The number of nitrogen functional groups attached to an aromatic ring is 1. The van der Waals surface area contributed by atoms with Gasteiger partial charge in [-0.15, -0.1) is 0 Å². The average molecular weight is 244 g/mol. The summed E-state index contributed by atoms with van der Waals surface area (Å²) in [5.41, 5.74) is 8.68. The molecule has 0 aliphatic heterocycles. The molecule has 3 rings (SSSR count). The van der Waals surface area contributed by atoms with E-state index < -0.39 is 0 Å². The Morgan fingerprint density at radius 2 is 2.06 bits per heavy atom. The summed E-state index contributed by atoms with van der Waals surface area (Å²) in [7, 11) is 1.96. The van der Waals surface area contributed by atoms with Crippen molar-refractivity contribution < 1.29 is 4.39 Å². The van der Waals surface area contributed by atoms with Crippen LogP contribution in [-0.2, 0) is 7.05 Å². The van der Waals surface area contributed by atoms with Crippen LogP contribution in [0.1, 0.15) is 5.69 Å². The molecule has 0 atom stereocenters. The molecule has 0 aliphatic rings. The van der Waals surface area contributed by atoms with Crippen LogP contribution in [0.3, 0.4) is 0 Å². The average Bonchev–Trinajstić information content (AvgIpc) is 2.84. The van der Waals surface area contributed by atoms with Gasteiger partial charge in [-0.2, -0.15) is 5.10 Å². The van der Waals surface area contributed by atoms with E-state index in [2.05, 4.69) is 10.2 Å². The molecule has 0 saturated carbocycles. The summed E-state index contributed by atoms with van der Waals surface area (Å²) in [5.74, 6) is 0.0734. The minimum atomic E-state index is -0.281. The van der Waals surface area contributed by atoms with Crippen molar-refractivity contribution in [2.45, 2.75) is 6.92 Å². The van der Waals surface area contributed by atoms with Crippen LogP contribution in [0, 0.1) is 12.7 Å². The number of aromatic nitrogens is 3. The Labute approximate surface area is 103 Å². The van der Waals surface area contributed by atoms with Crippen molar-refractivity contribution in [3.8, 4) is 11.3 Å². The topological polar surface area (TPSA) is 59.6 Å². The summed E-state index contributed by atoms with van der Waals surface area (Å²) in [6.07, 6.45) is 0. The van der Waals surface area contributed by atoms with Crippen molar-refractivity contribution in [1.29, 1.82) is 0 Å². The maximum Gasteiger partial charge on any atom is 0.145 e. The number of hydrogen-bond acceptors (Lipinski definition) is 2. The first kappa shape index (κ1) is 10.8. The quantitative estimate of drug-likeness (QED) is 0.691. The Bertz CT molecular complexity index is 739. The first-order chi connectivity index (χ1) is 8.56. The number of aromatic amines is 1. The molecule has 0 aliphatic carbocycles. The van der Waals surface area contributed by atoms with E-state index in [1.807, 2.05) is 30.7 Å². The third kappa shape index (κ3) is 1.48. The molecule has 1 aromatic carbocycles. The molecule has 92 valence electrons. The fourth-order valence-electron chi connectivity index (χ4n) is 2.18. The van der Waals surface area contributed by atoms with E-state index in [9.17, 15) is 4.39 Å². The predicted octanol–water partition coefficient (Wildman–Crippen LogP) is 2.60. The molecule has 4 nitrogen and oxygen atoms in total. The molecule has 18 heavy (non-hydrogen) atoms. The number of aryl methyl sites for hydroxylation is 2. The lowest BCUT2D eigenvalue weighted by molar-refractivity contribution is 0.632. The lowest BCUT2D eigenvalue weighted by Crippen LogP contribution is -1.91. The maximum atomic E-state index is 14.1. The molecule has 2 heterocycles. The fourth-order valence-corrected chi connectivity index (χ4v) is 2.18. The zero-order valence-corrected chi connectivity index (χ0v) is 10.2. The van der Waals surface area contributed by atoms with E-state index in [-0.39, 0.29) is 5.82 Å². The van der Waals surface area contributed by atoms with Crippen LogP contribution in [0.2, 0.25) is 0 Å². The molecule has 0 bridgehead atoms. The number of anilines is 1. The maximum absolute atomic E-state index is 14.1. The normalized spacial score (nSPS) is 11.3. The Morgan fingerprint density at radius 1 is 1.28 bits per heavy atom. The van der Waals surface area contributed by atoms with Crippen molar-refractivity contribution in [1.82, 2.24) is 14.8 Å². The molecular weight excluding hydrogens is 231 g/mol. The number of hydrogen-bond donors (Lipinski definition) is 2. The van der Waals surface area contributed by atoms with E-state index in [0.717, 1.165) is 16.6 Å². The summed E-state index contributed by atoms with van der Waals surface area (Å²) in [6.45, 7) is 1.99. The Kier molecular flexibility index (Phi) is 2.16. The third-order valence-corrected chi connectivity index (χ3v) is 3.26. The Balaban J connectivity index is 2.29. The van der Waals surface area contributed by atoms with Gasteiger partial charge in [0.2, 0.25) is 0 Å². The summed E-state index contributed by atoms with van der Waals surface area (Å²) < 4.78 is 16.1. The van der Waals surface area contributed by atoms with Gasteiger partial charge in [0, 0.05) is 35.3 Å². The number of fused-ring (bicyclic) bond motifs is 1. The highest BCUT2D eigenvalue weighted by molar-refractivity contribution is 5.86. The molecular formula is C13H13FN4. The lowest BCUT2D eigenvalue weighted by atomic mass is 10.1. The molecule has 5 heteroatoms. The molecule has 0 amide bonds. The van der Waals surface area contributed by atoms with Crippen molar-refractivity contribution in [2.24, 2.45) is 7.05 Å². The highest BCUT2D eigenvalue weighted by Gasteiger charge is 2.12. The third-order valence-electron chi connectivity index (χ3n) is 3.26. The van der Waals surface area contributed by atoms with E-state index in [1.54, 1.807) is 6.07 Å². The van der Waals surface area contributed by atoms with Gasteiger partial charge in [-0.25, -0.2) is 4.39 Å².